The maximum Gasteiger partial charge on any atom is 0.406 e. The van der Waals surface area contributed by atoms with Crippen molar-refractivity contribution in [3.05, 3.63) is 65.0 Å². The summed E-state index contributed by atoms with van der Waals surface area (Å²) >= 11 is 0. The number of carbonyl (C=O) groups excluding carboxylic acids is 4. The van der Waals surface area contributed by atoms with Crippen molar-refractivity contribution in [3.63, 3.8) is 0 Å². The largest absolute Gasteiger partial charge is 0.464 e. The lowest BCUT2D eigenvalue weighted by Gasteiger charge is -2.55. The molecule has 18 nitrogen and oxygen atoms in total. The number of halogens is 3. The van der Waals surface area contributed by atoms with Crippen LogP contribution in [-0.2, 0) is 57.5 Å². The van der Waals surface area contributed by atoms with E-state index < -0.39 is 53.9 Å². The summed E-state index contributed by atoms with van der Waals surface area (Å²) in [6.45, 7) is 11.8. The predicted molar refractivity (Wildman–Crippen MR) is 309 cm³/mol. The van der Waals surface area contributed by atoms with Crippen LogP contribution < -0.4 is 16.1 Å². The van der Waals surface area contributed by atoms with Crippen LogP contribution in [0.3, 0.4) is 0 Å². The second-order valence-corrected chi connectivity index (χ2v) is 26.7. The minimum absolute atomic E-state index is 0.0554. The molecule has 2 aromatic carbocycles. The van der Waals surface area contributed by atoms with E-state index in [0.717, 1.165) is 68.6 Å². The van der Waals surface area contributed by atoms with Gasteiger partial charge in [-0.1, -0.05) is 57.0 Å². The quantitative estimate of drug-likeness (QED) is 0.165. The number of amides is 3. The third-order valence-electron chi connectivity index (χ3n) is 20.0. The van der Waals surface area contributed by atoms with Gasteiger partial charge in [0.2, 0.25) is 11.8 Å². The second kappa shape index (κ2) is 23.1. The number of hydrogen-bond acceptors (Lipinski definition) is 14. The summed E-state index contributed by atoms with van der Waals surface area (Å²) in [5.74, 6) is -0.364. The second-order valence-electron chi connectivity index (χ2n) is 26.7. The van der Waals surface area contributed by atoms with Gasteiger partial charge in [-0.05, 0) is 105 Å². The molecule has 13 rings (SSSR count). The number of alkyl halides is 3. The highest BCUT2D eigenvalue weighted by Crippen LogP contribution is 2.45. The van der Waals surface area contributed by atoms with Gasteiger partial charge in [-0.3, -0.25) is 49.2 Å². The van der Waals surface area contributed by atoms with Crippen molar-refractivity contribution in [1.82, 2.24) is 45.2 Å². The molecule has 0 radical (unpaired) electrons. The first kappa shape index (κ1) is 57.8. The molecule has 10 aliphatic rings. The van der Waals surface area contributed by atoms with Crippen LogP contribution in [-0.4, -0.2) is 212 Å². The average molecular weight is 1170 g/mol. The number of carbonyl (C=O) groups is 4. The Kier molecular flexibility index (Phi) is 15.9. The highest BCUT2D eigenvalue weighted by molar-refractivity contribution is 5.96. The Morgan fingerprint density at radius 1 is 0.917 bits per heavy atom. The Balaban J connectivity index is 0.846. The Morgan fingerprint density at radius 2 is 1.71 bits per heavy atom. The van der Waals surface area contributed by atoms with Gasteiger partial charge in [0.25, 0.3) is 5.91 Å². The molecule has 3 N–H and O–H groups in total. The maximum atomic E-state index is 15.3. The van der Waals surface area contributed by atoms with Crippen LogP contribution >= 0.6 is 0 Å². The summed E-state index contributed by atoms with van der Waals surface area (Å²) in [6.07, 6.45) is 4.58. The fourth-order valence-corrected chi connectivity index (χ4v) is 15.3. The Labute approximate surface area is 490 Å². The van der Waals surface area contributed by atoms with Crippen LogP contribution in [0.15, 0.2) is 53.2 Å². The monoisotopic (exact) mass is 1160 g/mol. The van der Waals surface area contributed by atoms with Crippen molar-refractivity contribution in [3.8, 4) is 11.1 Å². The number of rotatable bonds is 11. The first-order chi connectivity index (χ1) is 40.4. The van der Waals surface area contributed by atoms with Crippen LogP contribution in [0.5, 0.6) is 0 Å². The highest BCUT2D eigenvalue weighted by Gasteiger charge is 2.58. The molecule has 8 fully saturated rings. The lowest BCUT2D eigenvalue weighted by molar-refractivity contribution is -0.197. The van der Waals surface area contributed by atoms with Gasteiger partial charge in [0, 0.05) is 106 Å². The van der Waals surface area contributed by atoms with Gasteiger partial charge >= 0.3 is 12.1 Å². The Hall–Kier alpha value is -5.26. The van der Waals surface area contributed by atoms with E-state index in [4.69, 9.17) is 23.9 Å². The summed E-state index contributed by atoms with van der Waals surface area (Å²) in [4.78, 5) is 72.3. The maximum absolute atomic E-state index is 15.3. The number of ether oxygens (including phenoxy) is 4. The SMILES string of the molecule is CO[C@@H](C)C1=C(c2c3c4cc(ccc4n2CC(F)(F)F)-c2cccc(c2)C[C@H](NC(=O)[C@H](C2CCCC2)N2CCOC4(CN(C(=O)[C@@H]5N[C@@H]5C5CC5)C4)C2)C(=O)N2CCC[C@H](N2)C(=O)OCC(C)(C)C3)CC(N2CCN3CCOC[C@@H]3C2)C=N1. The molecule has 2 aliphatic carbocycles. The molecule has 1 aromatic heterocycles. The van der Waals surface area contributed by atoms with E-state index in [1.807, 2.05) is 68.3 Å². The van der Waals surface area contributed by atoms with Gasteiger partial charge in [-0.25, -0.2) is 5.43 Å². The first-order valence-corrected chi connectivity index (χ1v) is 31.1. The smallest absolute Gasteiger partial charge is 0.406 e. The molecule has 9 heterocycles. The van der Waals surface area contributed by atoms with Crippen molar-refractivity contribution in [2.24, 2.45) is 22.2 Å². The molecular weight excluding hydrogens is 1080 g/mol. The number of nitrogens with one attached hydrogen (secondary N) is 3. The molecule has 8 aliphatic heterocycles. The van der Waals surface area contributed by atoms with Gasteiger partial charge in [-0.15, -0.1) is 0 Å². The number of cyclic esters (lactones) is 1. The molecule has 21 heteroatoms. The molecular formula is C63H83F3N10O8. The van der Waals surface area contributed by atoms with Crippen LogP contribution in [0, 0.1) is 17.3 Å². The zero-order valence-electron chi connectivity index (χ0n) is 49.1. The summed E-state index contributed by atoms with van der Waals surface area (Å²) in [7, 11) is 1.59. The van der Waals surface area contributed by atoms with E-state index in [9.17, 15) is 9.59 Å². The van der Waals surface area contributed by atoms with Crippen LogP contribution in [0.25, 0.3) is 27.6 Å². The molecule has 84 heavy (non-hydrogen) atoms. The summed E-state index contributed by atoms with van der Waals surface area (Å²) in [5, 5.41) is 8.80. The number of likely N-dealkylation sites (tertiary alicyclic amines) is 1. The highest BCUT2D eigenvalue weighted by atomic mass is 19.4. The number of aliphatic imine (C=N–C) groups is 1. The molecule has 454 valence electrons. The minimum Gasteiger partial charge on any atom is -0.464 e. The van der Waals surface area contributed by atoms with Crippen molar-refractivity contribution < 1.29 is 51.3 Å². The van der Waals surface area contributed by atoms with Crippen LogP contribution in [0.2, 0.25) is 0 Å². The van der Waals surface area contributed by atoms with E-state index in [1.54, 1.807) is 13.2 Å². The zero-order valence-corrected chi connectivity index (χ0v) is 49.1. The molecule has 6 saturated heterocycles. The van der Waals surface area contributed by atoms with Crippen LogP contribution in [0.1, 0.15) is 95.4 Å². The topological polar surface area (TPSA) is 185 Å². The number of piperazine rings is 1. The number of morpholine rings is 2. The molecule has 2 saturated carbocycles. The summed E-state index contributed by atoms with van der Waals surface area (Å²) in [6, 6.07) is 11.2. The molecule has 3 amide bonds. The summed E-state index contributed by atoms with van der Waals surface area (Å²) < 4.78 is 71.8. The van der Waals surface area contributed by atoms with Crippen molar-refractivity contribution in [2.75, 3.05) is 92.4 Å². The van der Waals surface area contributed by atoms with E-state index in [-0.39, 0.29) is 67.3 Å². The number of methoxy groups -OCH3 is 1. The van der Waals surface area contributed by atoms with Crippen LogP contribution in [0.4, 0.5) is 13.2 Å². The normalized spacial score (nSPS) is 29.8. The van der Waals surface area contributed by atoms with E-state index >= 15 is 22.8 Å². The third-order valence-corrected chi connectivity index (χ3v) is 20.0. The number of hydrogen-bond donors (Lipinski definition) is 3. The van der Waals surface area contributed by atoms with Gasteiger partial charge in [0.1, 0.15) is 30.3 Å². The number of aromatic nitrogens is 1. The van der Waals surface area contributed by atoms with Crippen molar-refractivity contribution >= 4 is 46.4 Å². The minimum atomic E-state index is -4.59. The fourth-order valence-electron chi connectivity index (χ4n) is 15.3. The molecule has 8 atom stereocenters. The van der Waals surface area contributed by atoms with E-state index in [2.05, 4.69) is 30.8 Å². The lowest BCUT2D eigenvalue weighted by atomic mass is 9.83. The Morgan fingerprint density at radius 3 is 2.50 bits per heavy atom. The number of hydrazine groups is 1. The van der Waals surface area contributed by atoms with Gasteiger partial charge in [-0.2, -0.15) is 13.2 Å². The number of nitrogens with zero attached hydrogens (tertiary/aromatic N) is 7. The van der Waals surface area contributed by atoms with Gasteiger partial charge in [0.05, 0.1) is 63.1 Å². The lowest BCUT2D eigenvalue weighted by Crippen LogP contribution is -2.73. The zero-order chi connectivity index (χ0) is 58.2. The fraction of sp³-hybridized carbons (Fsp3) is 0.667. The molecule has 1 spiro atoms. The molecule has 6 bridgehead atoms. The molecule has 3 aromatic rings. The van der Waals surface area contributed by atoms with Gasteiger partial charge in [0.15, 0.2) is 0 Å². The number of esters is 1. The standard InChI is InChI=1S/C63H83F3N10O8/c1-38(81-4)52-47(28-44(30-67-52)72-20-19-71-21-23-82-32-45(71)31-72)56-48-29-61(2,3)37-83-60(80)49-13-8-18-76(70-49)58(78)50(26-39-9-7-12-42(25-39)43-16-17-51(46(48)27-43)75(56)36-63(64,65)66)68-57(77)55(41-10-5-6-11-41)73-22-24-84-62(33-73)34-74(35-62)59(79)54-53(69-54)40-14-15-40/h7,9,12,16-17,25,27,30,38,40-41,44-45,49-50,53-55,69-70H,5-6,8,10-11,13-15,18-24,26,28-29,31-37H2,1-4H3,(H,68,77)/t38-,44?,45-,49-,50-,53+,54+,55-/m0/s1. The Bertz CT molecular complexity index is 3080. The first-order valence-electron chi connectivity index (χ1n) is 31.1. The average Bonchev–Trinajstić information content (AvgIpc) is 1.78. The third kappa shape index (κ3) is 11.9. The van der Waals surface area contributed by atoms with E-state index in [0.29, 0.717) is 111 Å². The van der Waals surface area contributed by atoms with E-state index in [1.165, 1.54) is 22.4 Å². The number of benzene rings is 2. The van der Waals surface area contributed by atoms with Crippen molar-refractivity contribution in [2.45, 2.75) is 158 Å². The molecule has 1 unspecified atom stereocenters. The number of fused-ring (bicyclic) bond motifs is 7. The van der Waals surface area contributed by atoms with Crippen molar-refractivity contribution in [1.29, 1.82) is 0 Å². The predicted octanol–water partition coefficient (Wildman–Crippen LogP) is 5.35. The van der Waals surface area contributed by atoms with Gasteiger partial charge < -0.3 is 33.7 Å². The summed E-state index contributed by atoms with van der Waals surface area (Å²) in [5.41, 5.74) is 6.99.